The minimum atomic E-state index is -3.70. The maximum atomic E-state index is 13.2. The molecule has 0 saturated carbocycles. The number of sulfonamides is 2. The molecule has 1 aliphatic rings. The van der Waals surface area contributed by atoms with Crippen LogP contribution in [0.4, 0.5) is 0 Å². The smallest absolute Gasteiger partial charge is 0.243 e. The Kier molecular flexibility index (Phi) is 7.41. The molecule has 1 fully saturated rings. The van der Waals surface area contributed by atoms with Crippen molar-refractivity contribution in [3.05, 3.63) is 53.6 Å². The Bertz CT molecular complexity index is 1110. The molecule has 170 valence electrons. The van der Waals surface area contributed by atoms with Crippen LogP contribution < -0.4 is 9.46 Å². The van der Waals surface area contributed by atoms with Crippen molar-refractivity contribution < 1.29 is 21.6 Å². The number of aryl methyl sites for hydroxylation is 2. The molecule has 9 heteroatoms. The zero-order chi connectivity index (χ0) is 22.6. The molecule has 1 atom stereocenters. The molecular formula is C22H30N2O5S2. The van der Waals surface area contributed by atoms with Crippen LogP contribution in [0.2, 0.25) is 0 Å². The van der Waals surface area contributed by atoms with Gasteiger partial charge in [-0.3, -0.25) is 0 Å². The first-order valence-electron chi connectivity index (χ1n) is 10.4. The van der Waals surface area contributed by atoms with E-state index in [-0.39, 0.29) is 22.4 Å². The number of rotatable bonds is 8. The molecule has 0 bridgehead atoms. The van der Waals surface area contributed by atoms with Crippen molar-refractivity contribution in [2.75, 3.05) is 20.2 Å². The summed E-state index contributed by atoms with van der Waals surface area (Å²) in [7, 11) is -5.79. The van der Waals surface area contributed by atoms with E-state index in [2.05, 4.69) is 4.72 Å². The topological polar surface area (TPSA) is 92.8 Å². The number of piperidine rings is 1. The van der Waals surface area contributed by atoms with Gasteiger partial charge in [-0.05, 0) is 69.0 Å². The van der Waals surface area contributed by atoms with Gasteiger partial charge in [-0.15, -0.1) is 0 Å². The Morgan fingerprint density at radius 3 is 2.39 bits per heavy atom. The normalized spacial score (nSPS) is 18.1. The summed E-state index contributed by atoms with van der Waals surface area (Å²) in [6.07, 6.45) is 2.86. The Hall–Kier alpha value is -1.94. The molecule has 0 amide bonds. The first-order chi connectivity index (χ1) is 14.6. The molecular weight excluding hydrogens is 436 g/mol. The predicted octanol–water partition coefficient (Wildman–Crippen LogP) is 3.22. The van der Waals surface area contributed by atoms with Crippen molar-refractivity contribution in [2.45, 2.75) is 55.4 Å². The van der Waals surface area contributed by atoms with Gasteiger partial charge in [-0.25, -0.2) is 21.6 Å². The van der Waals surface area contributed by atoms with Crippen molar-refractivity contribution >= 4 is 20.0 Å². The zero-order valence-corrected chi connectivity index (χ0v) is 19.8. The van der Waals surface area contributed by atoms with E-state index < -0.39 is 20.0 Å². The van der Waals surface area contributed by atoms with Gasteiger partial charge in [-0.2, -0.15) is 4.31 Å². The summed E-state index contributed by atoms with van der Waals surface area (Å²) >= 11 is 0. The summed E-state index contributed by atoms with van der Waals surface area (Å²) in [6, 6.07) is 11.4. The lowest BCUT2D eigenvalue weighted by Gasteiger charge is -2.34. The highest BCUT2D eigenvalue weighted by Crippen LogP contribution is 2.27. The van der Waals surface area contributed by atoms with Crippen molar-refractivity contribution in [1.82, 2.24) is 9.03 Å². The third-order valence-corrected chi connectivity index (χ3v) is 9.23. The Morgan fingerprint density at radius 1 is 1.03 bits per heavy atom. The molecule has 0 aliphatic carbocycles. The summed E-state index contributed by atoms with van der Waals surface area (Å²) < 4.78 is 61.1. The van der Waals surface area contributed by atoms with E-state index in [1.54, 1.807) is 43.3 Å². The van der Waals surface area contributed by atoms with Gasteiger partial charge in [0.2, 0.25) is 20.0 Å². The molecule has 0 radical (unpaired) electrons. The number of hydrogen-bond donors (Lipinski definition) is 1. The van der Waals surface area contributed by atoms with Gasteiger partial charge in [0, 0.05) is 19.1 Å². The standard InChI is InChI=1S/C22H30N2O5S2/c1-17-7-10-21(11-8-17)31(27,28)24-15-5-4-6-19(24)13-14-23-30(25,26)22-12-9-20(29-3)16-18(22)2/h7-12,16,19,23H,4-6,13-15H2,1-3H3. The Morgan fingerprint density at radius 2 is 1.74 bits per heavy atom. The van der Waals surface area contributed by atoms with Gasteiger partial charge in [0.25, 0.3) is 0 Å². The van der Waals surface area contributed by atoms with Gasteiger partial charge in [0.05, 0.1) is 16.9 Å². The fraction of sp³-hybridized carbons (Fsp3) is 0.455. The maximum Gasteiger partial charge on any atom is 0.243 e. The van der Waals surface area contributed by atoms with E-state index in [4.69, 9.17) is 4.74 Å². The van der Waals surface area contributed by atoms with Gasteiger partial charge in [0.15, 0.2) is 0 Å². The van der Waals surface area contributed by atoms with Crippen LogP contribution in [0.25, 0.3) is 0 Å². The number of methoxy groups -OCH3 is 1. The van der Waals surface area contributed by atoms with E-state index in [1.165, 1.54) is 17.5 Å². The highest BCUT2D eigenvalue weighted by atomic mass is 32.2. The number of nitrogens with one attached hydrogen (secondary N) is 1. The summed E-state index contributed by atoms with van der Waals surface area (Å²) in [5.74, 6) is 0.593. The van der Waals surface area contributed by atoms with Crippen LogP contribution in [-0.2, 0) is 20.0 Å². The average molecular weight is 467 g/mol. The third-order valence-electron chi connectivity index (χ3n) is 5.64. The Balaban J connectivity index is 1.70. The van der Waals surface area contributed by atoms with Crippen LogP contribution in [0, 0.1) is 13.8 Å². The molecule has 1 aliphatic heterocycles. The molecule has 7 nitrogen and oxygen atoms in total. The highest BCUT2D eigenvalue weighted by Gasteiger charge is 2.33. The molecule has 2 aromatic carbocycles. The van der Waals surface area contributed by atoms with Gasteiger partial charge in [-0.1, -0.05) is 24.1 Å². The van der Waals surface area contributed by atoms with Gasteiger partial charge < -0.3 is 4.74 Å². The first-order valence-corrected chi connectivity index (χ1v) is 13.3. The van der Waals surface area contributed by atoms with E-state index in [0.717, 1.165) is 18.4 Å². The van der Waals surface area contributed by atoms with Gasteiger partial charge >= 0.3 is 0 Å². The van der Waals surface area contributed by atoms with Crippen LogP contribution in [0.3, 0.4) is 0 Å². The van der Waals surface area contributed by atoms with Gasteiger partial charge in [0.1, 0.15) is 5.75 Å². The quantitative estimate of drug-likeness (QED) is 0.645. The Labute approximate surface area is 185 Å². The van der Waals surface area contributed by atoms with Crippen molar-refractivity contribution in [3.63, 3.8) is 0 Å². The lowest BCUT2D eigenvalue weighted by Crippen LogP contribution is -2.45. The zero-order valence-electron chi connectivity index (χ0n) is 18.2. The molecule has 3 rings (SSSR count). The number of nitrogens with zero attached hydrogens (tertiary/aromatic N) is 1. The lowest BCUT2D eigenvalue weighted by atomic mass is 10.0. The fourth-order valence-corrected chi connectivity index (χ4v) is 6.91. The van der Waals surface area contributed by atoms with Crippen LogP contribution in [0.1, 0.15) is 36.8 Å². The van der Waals surface area contributed by atoms with E-state index in [0.29, 0.717) is 30.7 Å². The summed E-state index contributed by atoms with van der Waals surface area (Å²) in [4.78, 5) is 0.473. The predicted molar refractivity (Wildman–Crippen MR) is 120 cm³/mol. The number of hydrogen-bond acceptors (Lipinski definition) is 5. The number of benzene rings is 2. The SMILES string of the molecule is COc1ccc(S(=O)(=O)NCCC2CCCCN2S(=O)(=O)c2ccc(C)cc2)c(C)c1. The maximum absolute atomic E-state index is 13.2. The molecule has 1 unspecified atom stereocenters. The highest BCUT2D eigenvalue weighted by molar-refractivity contribution is 7.89. The summed E-state index contributed by atoms with van der Waals surface area (Å²) in [5, 5.41) is 0. The van der Waals surface area contributed by atoms with Crippen molar-refractivity contribution in [1.29, 1.82) is 0 Å². The molecule has 0 spiro atoms. The monoisotopic (exact) mass is 466 g/mol. The van der Waals surface area contributed by atoms with E-state index in [9.17, 15) is 16.8 Å². The minimum absolute atomic E-state index is 0.165. The van der Waals surface area contributed by atoms with Crippen LogP contribution in [0.15, 0.2) is 52.3 Å². The van der Waals surface area contributed by atoms with Crippen molar-refractivity contribution in [3.8, 4) is 5.75 Å². The fourth-order valence-electron chi connectivity index (χ4n) is 3.91. The van der Waals surface area contributed by atoms with E-state index >= 15 is 0 Å². The molecule has 0 aromatic heterocycles. The average Bonchev–Trinajstić information content (AvgIpc) is 2.74. The molecule has 31 heavy (non-hydrogen) atoms. The van der Waals surface area contributed by atoms with Crippen LogP contribution in [-0.4, -0.2) is 47.4 Å². The van der Waals surface area contributed by atoms with Crippen LogP contribution >= 0.6 is 0 Å². The minimum Gasteiger partial charge on any atom is -0.497 e. The van der Waals surface area contributed by atoms with Crippen LogP contribution in [0.5, 0.6) is 5.75 Å². The summed E-state index contributed by atoms with van der Waals surface area (Å²) in [5.41, 5.74) is 1.59. The largest absolute Gasteiger partial charge is 0.497 e. The summed E-state index contributed by atoms with van der Waals surface area (Å²) in [6.45, 7) is 4.24. The lowest BCUT2D eigenvalue weighted by molar-refractivity contribution is 0.242. The number of ether oxygens (including phenoxy) is 1. The molecule has 1 heterocycles. The molecule has 1 N–H and O–H groups in total. The third kappa shape index (κ3) is 5.46. The first kappa shape index (κ1) is 23.7. The molecule has 1 saturated heterocycles. The van der Waals surface area contributed by atoms with E-state index in [1.807, 2.05) is 6.92 Å². The second-order valence-electron chi connectivity index (χ2n) is 7.90. The second-order valence-corrected chi connectivity index (χ2v) is 11.5. The second kappa shape index (κ2) is 9.68. The molecule has 2 aromatic rings. The van der Waals surface area contributed by atoms with Crippen molar-refractivity contribution in [2.24, 2.45) is 0 Å².